The van der Waals surface area contributed by atoms with Crippen LogP contribution in [-0.4, -0.2) is 360 Å². The highest BCUT2D eigenvalue weighted by Gasteiger charge is 2.40. The lowest BCUT2D eigenvalue weighted by Gasteiger charge is -2.32. The molecule has 3 heterocycles. The van der Waals surface area contributed by atoms with Gasteiger partial charge < -0.3 is 121 Å². The normalized spacial score (nSPS) is 19.9. The van der Waals surface area contributed by atoms with Crippen LogP contribution in [0, 0.1) is 10.8 Å². The molecule has 144 heavy (non-hydrogen) atoms. The zero-order valence-corrected chi connectivity index (χ0v) is 80.9. The number of amides is 14. The number of aliphatic carboxylic acids is 3. The molecule has 3 saturated heterocycles. The number of likely N-dealkylation sites (N-methyl/N-ethyl adjacent to an activating group) is 2. The van der Waals surface area contributed by atoms with E-state index in [0.29, 0.717) is 35.1 Å². The summed E-state index contributed by atoms with van der Waals surface area (Å²) < 4.78 is 0. The van der Waals surface area contributed by atoms with Crippen LogP contribution in [0.4, 0.5) is 0 Å². The summed E-state index contributed by atoms with van der Waals surface area (Å²) in [7, 11) is 2.58. The number of rotatable bonds is 42. The predicted octanol–water partition coefficient (Wildman–Crippen LogP) is -3.16. The number of nitrogens with one attached hydrogen (secondary N) is 16. The van der Waals surface area contributed by atoms with Crippen LogP contribution in [0.25, 0.3) is 21.5 Å². The number of benzene rings is 6. The molecule has 6 aromatic carbocycles. The van der Waals surface area contributed by atoms with Crippen LogP contribution in [0.1, 0.15) is 106 Å². The summed E-state index contributed by atoms with van der Waals surface area (Å²) in [6, 6.07) is 24.2. The van der Waals surface area contributed by atoms with E-state index in [1.54, 1.807) is 31.7 Å². The molecule has 0 aliphatic carbocycles. The number of phenols is 2. The maximum absolute atomic E-state index is 15.3. The zero-order valence-electron chi connectivity index (χ0n) is 80.9. The zero-order chi connectivity index (χ0) is 104. The van der Waals surface area contributed by atoms with Gasteiger partial charge in [-0.05, 0) is 132 Å². The van der Waals surface area contributed by atoms with Gasteiger partial charge in [0.05, 0.1) is 45.7 Å². The van der Waals surface area contributed by atoms with E-state index in [9.17, 15) is 87.9 Å². The predicted molar refractivity (Wildman–Crippen MR) is 529 cm³/mol. The number of aromatic hydroxyl groups is 2. The molecule has 46 heteroatoms. The van der Waals surface area contributed by atoms with Crippen molar-refractivity contribution in [3.63, 3.8) is 0 Å². The number of carbonyl (C=O) groups excluding carboxylic acids is 14. The van der Waals surface area contributed by atoms with Crippen LogP contribution < -0.4 is 85.9 Å². The quantitative estimate of drug-likeness (QED) is 0.0102. The molecule has 3 aliphatic rings. The minimum absolute atomic E-state index is 0.0496. The van der Waals surface area contributed by atoms with Gasteiger partial charge in [-0.3, -0.25) is 112 Å². The van der Waals surface area contributed by atoms with Crippen molar-refractivity contribution in [3.8, 4) is 11.5 Å². The van der Waals surface area contributed by atoms with Crippen molar-refractivity contribution in [1.82, 2.24) is 104 Å². The molecule has 14 amide bonds. The molecule has 0 bridgehead atoms. The molecule has 3 fully saturated rings. The van der Waals surface area contributed by atoms with Gasteiger partial charge in [0.2, 0.25) is 82.7 Å². The molecule has 9 rings (SSSR count). The lowest BCUT2D eigenvalue weighted by Crippen LogP contribution is -2.58. The second kappa shape index (κ2) is 57.7. The number of unbranched alkanes of at least 4 members (excludes halogenated alkanes) is 2. The molecule has 25 N–H and O–H groups in total. The minimum atomic E-state index is -1.66. The molecule has 0 spiro atoms. The van der Waals surface area contributed by atoms with Gasteiger partial charge >= 0.3 is 17.9 Å². The summed E-state index contributed by atoms with van der Waals surface area (Å²) in [5.74, 6) is -15.6. The fourth-order valence-electron chi connectivity index (χ4n) is 17.1. The van der Waals surface area contributed by atoms with Crippen LogP contribution in [0.5, 0.6) is 11.5 Å². The van der Waals surface area contributed by atoms with Crippen molar-refractivity contribution in [2.24, 2.45) is 11.5 Å². The number of hydrogen-bond donors (Lipinski definition) is 23. The Balaban J connectivity index is 0.949. The third-order valence-corrected chi connectivity index (χ3v) is 24.9. The average Bonchev–Trinajstić information content (AvgIpc) is 1.23. The third-order valence-electron chi connectivity index (χ3n) is 24.9. The fraction of sp³-hybridized carbons (Fsp3) is 0.480. The summed E-state index contributed by atoms with van der Waals surface area (Å²) in [5.41, 5.74) is 13.4. The van der Waals surface area contributed by atoms with Crippen LogP contribution in [0.15, 0.2) is 133 Å². The van der Waals surface area contributed by atoms with Gasteiger partial charge in [0.25, 0.3) is 0 Å². The highest BCUT2D eigenvalue weighted by atomic mass is 16.4. The Bertz CT molecular complexity index is 5450. The van der Waals surface area contributed by atoms with Gasteiger partial charge in [0, 0.05) is 131 Å². The molecule has 0 saturated carbocycles. The molecule has 6 aromatic rings. The first-order valence-electron chi connectivity index (χ1n) is 48.1. The molecule has 0 radical (unpaired) electrons. The van der Waals surface area contributed by atoms with E-state index >= 15 is 19.2 Å². The van der Waals surface area contributed by atoms with E-state index in [1.165, 1.54) is 62.6 Å². The highest BCUT2D eigenvalue weighted by Crippen LogP contribution is 2.23. The Morgan fingerprint density at radius 2 is 0.715 bits per heavy atom. The molecule has 778 valence electrons. The molecule has 0 unspecified atom stereocenters. The standard InChI is InChI=1S/C98H134N24O22/c1-117-78(93(141)113-71(18-10-38-106-97(99)100)91(139)115-73(52-63-23-29-65-14-5-7-16-67(65)48-63)89(137)108-55-82(127)111-76(95(117)143)50-61-25-31-69(123)32-26-61)20-12-36-103-81(126)54-75(110-80(125)22-4-3-9-35-104-84(129)57-119-40-42-120(58-85(130)131)44-46-122(60-87(134)135)47-45-121(43-41-119)59-86(132)133)88(136)105-37-13-21-79-94(142)114-72(19-11-39-107-98(101)102)92(140)116-74(53-64-24-30-66-15-6-8-17-68(66)49-64)90(138)109-56-83(128)112-77(96(144)118(79)2)51-62-27-33-70(124)34-28-62/h5-8,14-17,23-34,48-49,71-79,123-124H,3-4,9-13,18-22,35-47,50-60H2,1-2H3,(H,103,126)(H,104,129)(H,105,136)(H,108,137)(H,109,138)(H,110,125)(H,111,127)(H,112,128)(H,113,141)(H,114,142)(H,115,139)(H,116,140)(H,130,131)(H,132,133)(H,134,135)(H4,99,100,106)(H4,101,102,107)/t71-,72-,73-,74-,75-,76+,77+,78+,79+/m0/s1. The van der Waals surface area contributed by atoms with Crippen LogP contribution in [-0.2, 0) is 107 Å². The number of hydrogen-bond acceptors (Lipinski definition) is 25. The number of carboxylic acid groups (broad SMARTS) is 3. The summed E-state index contributed by atoms with van der Waals surface area (Å²) in [6.45, 7) is -1.63. The van der Waals surface area contributed by atoms with Crippen molar-refractivity contribution in [2.75, 3.05) is 138 Å². The van der Waals surface area contributed by atoms with E-state index in [4.69, 9.17) is 22.3 Å². The Morgan fingerprint density at radius 1 is 0.368 bits per heavy atom. The van der Waals surface area contributed by atoms with Gasteiger partial charge in [-0.1, -0.05) is 116 Å². The molecule has 9 atom stereocenters. The van der Waals surface area contributed by atoms with Gasteiger partial charge in [0.15, 0.2) is 11.9 Å². The SMILES string of the molecule is CN1C(=O)[C@@H](Cc2ccc(O)cc2)NC(=O)CNC(=O)[C@H](Cc2ccc3ccccc3c2)NC(=O)[C@H](CCCNC(=N)N)NC(=O)[C@H]1CCCNC(=O)C[C@H](NC(=O)CCCCCNC(=O)CN1CCN(CC(=O)O)CCN(CC(=O)O)CCN(CC(=O)O)CC1)C(=O)NCCC[C@@H]1C(=O)N[C@@H](CCCNC(=N)N)C(=O)N[C@@H](Cc2ccc3ccccc3c2)C(=O)NCC(=O)N[C@H](Cc2ccc(O)cc2)C(=O)N1C. The van der Waals surface area contributed by atoms with Gasteiger partial charge in [0.1, 0.15) is 65.9 Å². The lowest BCUT2D eigenvalue weighted by molar-refractivity contribution is -0.142. The largest absolute Gasteiger partial charge is 0.508 e. The van der Waals surface area contributed by atoms with Crippen molar-refractivity contribution in [3.05, 3.63) is 156 Å². The van der Waals surface area contributed by atoms with Gasteiger partial charge in [-0.15, -0.1) is 0 Å². The summed E-state index contributed by atoms with van der Waals surface area (Å²) in [4.78, 5) is 249. The van der Waals surface area contributed by atoms with E-state index in [2.05, 4.69) is 74.4 Å². The second-order valence-corrected chi connectivity index (χ2v) is 36.0. The first kappa shape index (κ1) is 112. The molecular formula is C98H134N24O22. The first-order chi connectivity index (χ1) is 68.9. The number of guanidine groups is 2. The average molecular weight is 2000 g/mol. The van der Waals surface area contributed by atoms with Gasteiger partial charge in [-0.2, -0.15) is 0 Å². The Kier molecular flexibility index (Phi) is 45.0. The number of fused-ring (bicyclic) bond motifs is 2. The fourth-order valence-corrected chi connectivity index (χ4v) is 17.1. The van der Waals surface area contributed by atoms with Crippen LogP contribution in [0.3, 0.4) is 0 Å². The van der Waals surface area contributed by atoms with E-state index in [1.807, 2.05) is 72.8 Å². The smallest absolute Gasteiger partial charge is 0.317 e. The number of carboxylic acids is 3. The van der Waals surface area contributed by atoms with E-state index in [0.717, 1.165) is 31.3 Å². The van der Waals surface area contributed by atoms with Crippen molar-refractivity contribution < 1.29 is 107 Å². The Hall–Kier alpha value is -15.2. The van der Waals surface area contributed by atoms with Crippen LogP contribution in [0.2, 0.25) is 0 Å². The number of carbonyl (C=O) groups is 17. The summed E-state index contributed by atoms with van der Waals surface area (Å²) >= 11 is 0. The minimum Gasteiger partial charge on any atom is -0.508 e. The summed E-state index contributed by atoms with van der Waals surface area (Å²) in [5, 5.41) is 106. The molecule has 0 aromatic heterocycles. The molecular weight excluding hydrogens is 1870 g/mol. The Morgan fingerprint density at radius 3 is 1.12 bits per heavy atom. The monoisotopic (exact) mass is 2000 g/mol. The first-order valence-corrected chi connectivity index (χ1v) is 48.1. The molecule has 3 aliphatic heterocycles. The van der Waals surface area contributed by atoms with Crippen molar-refractivity contribution >= 4 is 134 Å². The lowest BCUT2D eigenvalue weighted by atomic mass is 10.00. The topological polar surface area (TPSA) is 679 Å². The number of nitrogens with two attached hydrogens (primary N) is 2. The number of phenolic OH excluding ortho intramolecular Hbond substituents is 2. The Labute approximate surface area is 832 Å². The maximum atomic E-state index is 15.3. The van der Waals surface area contributed by atoms with Gasteiger partial charge in [-0.25, -0.2) is 0 Å². The van der Waals surface area contributed by atoms with Crippen molar-refractivity contribution in [1.29, 1.82) is 10.8 Å². The van der Waals surface area contributed by atoms with Crippen LogP contribution >= 0.6 is 0 Å². The van der Waals surface area contributed by atoms with E-state index in [-0.39, 0.29) is 225 Å². The summed E-state index contributed by atoms with van der Waals surface area (Å²) in [6.07, 6.45) is -1.60. The maximum Gasteiger partial charge on any atom is 0.317 e. The van der Waals surface area contributed by atoms with E-state index < -0.39 is 174 Å². The van der Waals surface area contributed by atoms with Crippen molar-refractivity contribution in [2.45, 2.75) is 164 Å². The second-order valence-electron chi connectivity index (χ2n) is 36.0. The molecule has 46 nitrogen and oxygen atoms in total. The number of nitrogens with zero attached hydrogens (tertiary/aromatic N) is 6. The third kappa shape index (κ3) is 38.7. The highest BCUT2D eigenvalue weighted by molar-refractivity contribution is 6.00.